The van der Waals surface area contributed by atoms with Gasteiger partial charge in [0.1, 0.15) is 12.6 Å². The fraction of sp³-hybridized carbons (Fsp3) is 0.348. The molecule has 2 unspecified atom stereocenters. The molecule has 0 bridgehead atoms. The van der Waals surface area contributed by atoms with Crippen LogP contribution >= 0.6 is 0 Å². The van der Waals surface area contributed by atoms with Gasteiger partial charge in [0.05, 0.1) is 6.04 Å². The van der Waals surface area contributed by atoms with Crippen molar-refractivity contribution in [3.05, 3.63) is 65.7 Å². The first-order valence-corrected chi connectivity index (χ1v) is 10.1. The molecule has 1 aliphatic carbocycles. The van der Waals surface area contributed by atoms with Crippen LogP contribution < -0.4 is 16.0 Å². The summed E-state index contributed by atoms with van der Waals surface area (Å²) in [5, 5.41) is 8.29. The third-order valence-electron chi connectivity index (χ3n) is 4.93. The molecule has 158 valence electrons. The third kappa shape index (κ3) is 6.34. The van der Waals surface area contributed by atoms with E-state index in [4.69, 9.17) is 4.74 Å². The topological polar surface area (TPSA) is 96.5 Å². The normalized spacial score (nSPS) is 14.9. The Labute approximate surface area is 176 Å². The van der Waals surface area contributed by atoms with Gasteiger partial charge in [-0.15, -0.1) is 0 Å². The maximum Gasteiger partial charge on any atom is 0.408 e. The molecule has 30 heavy (non-hydrogen) atoms. The van der Waals surface area contributed by atoms with E-state index in [9.17, 15) is 14.4 Å². The summed E-state index contributed by atoms with van der Waals surface area (Å²) in [6, 6.07) is 15.7. The molecule has 7 heteroatoms. The van der Waals surface area contributed by atoms with Crippen LogP contribution in [0.25, 0.3) is 0 Å². The van der Waals surface area contributed by atoms with Crippen molar-refractivity contribution in [3.8, 4) is 0 Å². The van der Waals surface area contributed by atoms with Crippen molar-refractivity contribution in [2.75, 3.05) is 5.32 Å². The summed E-state index contributed by atoms with van der Waals surface area (Å²) in [5.74, 6) is -0.107. The van der Waals surface area contributed by atoms with Crippen molar-refractivity contribution in [3.63, 3.8) is 0 Å². The second-order valence-electron chi connectivity index (χ2n) is 7.54. The zero-order valence-electron chi connectivity index (χ0n) is 17.2. The molecule has 2 atom stereocenters. The zero-order chi connectivity index (χ0) is 21.5. The molecule has 3 rings (SSSR count). The highest BCUT2D eigenvalue weighted by atomic mass is 16.5. The van der Waals surface area contributed by atoms with Crippen LogP contribution in [0.4, 0.5) is 10.5 Å². The van der Waals surface area contributed by atoms with E-state index in [0.29, 0.717) is 0 Å². The summed E-state index contributed by atoms with van der Waals surface area (Å²) in [6.45, 7) is 3.60. The number of carbonyl (C=O) groups excluding carboxylic acids is 3. The smallest absolute Gasteiger partial charge is 0.408 e. The number of rotatable bonds is 8. The quantitative estimate of drug-likeness (QED) is 0.621. The van der Waals surface area contributed by atoms with E-state index in [1.807, 2.05) is 61.5 Å². The van der Waals surface area contributed by atoms with Crippen LogP contribution in [0.15, 0.2) is 54.6 Å². The fourth-order valence-corrected chi connectivity index (χ4v) is 2.87. The van der Waals surface area contributed by atoms with Crippen molar-refractivity contribution in [1.82, 2.24) is 10.6 Å². The maximum absolute atomic E-state index is 12.4. The number of hydrogen-bond acceptors (Lipinski definition) is 4. The molecule has 1 aliphatic rings. The highest BCUT2D eigenvalue weighted by Crippen LogP contribution is 2.30. The predicted octanol–water partition coefficient (Wildman–Crippen LogP) is 3.53. The molecule has 0 aromatic heterocycles. The lowest BCUT2D eigenvalue weighted by Crippen LogP contribution is -2.45. The number of alkyl carbamates (subject to hydrolysis) is 1. The van der Waals surface area contributed by atoms with Gasteiger partial charge in [0.25, 0.3) is 0 Å². The van der Waals surface area contributed by atoms with Crippen LogP contribution in [0.2, 0.25) is 0 Å². The first-order chi connectivity index (χ1) is 14.4. The van der Waals surface area contributed by atoms with E-state index in [2.05, 4.69) is 16.0 Å². The molecule has 2 aromatic carbocycles. The Bertz CT molecular complexity index is 879. The molecule has 7 nitrogen and oxygen atoms in total. The Morgan fingerprint density at radius 3 is 2.27 bits per heavy atom. The molecule has 0 heterocycles. The summed E-state index contributed by atoms with van der Waals surface area (Å²) < 4.78 is 5.14. The van der Waals surface area contributed by atoms with Gasteiger partial charge in [0, 0.05) is 11.6 Å². The van der Waals surface area contributed by atoms with Crippen molar-refractivity contribution < 1.29 is 19.1 Å². The second-order valence-corrected chi connectivity index (χ2v) is 7.54. The van der Waals surface area contributed by atoms with E-state index in [1.165, 1.54) is 0 Å². The molecule has 3 N–H and O–H groups in total. The van der Waals surface area contributed by atoms with Gasteiger partial charge in [-0.1, -0.05) is 42.5 Å². The molecule has 0 radical (unpaired) electrons. The van der Waals surface area contributed by atoms with Crippen LogP contribution in [0.3, 0.4) is 0 Å². The van der Waals surface area contributed by atoms with Gasteiger partial charge >= 0.3 is 6.09 Å². The summed E-state index contributed by atoms with van der Waals surface area (Å²) in [5.41, 5.74) is 2.51. The largest absolute Gasteiger partial charge is 0.445 e. The van der Waals surface area contributed by atoms with E-state index >= 15 is 0 Å². The van der Waals surface area contributed by atoms with Crippen LogP contribution in [-0.2, 0) is 20.9 Å². The molecule has 0 saturated heterocycles. The monoisotopic (exact) mass is 409 g/mol. The Kier molecular flexibility index (Phi) is 7.06. The lowest BCUT2D eigenvalue weighted by atomic mass is 10.1. The van der Waals surface area contributed by atoms with E-state index in [0.717, 1.165) is 29.7 Å². The Morgan fingerprint density at radius 1 is 0.967 bits per heavy atom. The summed E-state index contributed by atoms with van der Waals surface area (Å²) in [4.78, 5) is 36.1. The molecule has 2 aromatic rings. The van der Waals surface area contributed by atoms with Crippen LogP contribution in [0, 0.1) is 5.92 Å². The SMILES string of the molecule is CC(NC(=O)OCc1ccccc1)C(=O)NC(C)c1ccc(NC(=O)C2CC2)cc1. The highest BCUT2D eigenvalue weighted by molar-refractivity contribution is 5.94. The minimum absolute atomic E-state index is 0.0585. The van der Waals surface area contributed by atoms with Crippen molar-refractivity contribution >= 4 is 23.6 Å². The molecular formula is C23H27N3O4. The lowest BCUT2D eigenvalue weighted by molar-refractivity contribution is -0.123. The number of carbonyl (C=O) groups is 3. The Hall–Kier alpha value is -3.35. The summed E-state index contributed by atoms with van der Waals surface area (Å²) in [7, 11) is 0. The van der Waals surface area contributed by atoms with E-state index in [1.54, 1.807) is 6.92 Å². The van der Waals surface area contributed by atoms with Gasteiger partial charge in [0.2, 0.25) is 11.8 Å². The van der Waals surface area contributed by atoms with Gasteiger partial charge in [0.15, 0.2) is 0 Å². The van der Waals surface area contributed by atoms with Gasteiger partial charge in [-0.25, -0.2) is 4.79 Å². The average Bonchev–Trinajstić information content (AvgIpc) is 3.59. The Balaban J connectivity index is 1.43. The summed E-state index contributed by atoms with van der Waals surface area (Å²) in [6.07, 6.45) is 1.27. The molecular weight excluding hydrogens is 382 g/mol. The first-order valence-electron chi connectivity index (χ1n) is 10.1. The average molecular weight is 409 g/mol. The minimum atomic E-state index is -0.743. The summed E-state index contributed by atoms with van der Waals surface area (Å²) >= 11 is 0. The van der Waals surface area contributed by atoms with Crippen LogP contribution in [0.1, 0.15) is 43.9 Å². The highest BCUT2D eigenvalue weighted by Gasteiger charge is 2.29. The Morgan fingerprint density at radius 2 is 1.63 bits per heavy atom. The maximum atomic E-state index is 12.4. The number of benzene rings is 2. The van der Waals surface area contributed by atoms with E-state index < -0.39 is 12.1 Å². The van der Waals surface area contributed by atoms with E-state index in [-0.39, 0.29) is 30.4 Å². The van der Waals surface area contributed by atoms with Gasteiger partial charge in [-0.05, 0) is 49.9 Å². The van der Waals surface area contributed by atoms with Crippen LogP contribution in [0.5, 0.6) is 0 Å². The fourth-order valence-electron chi connectivity index (χ4n) is 2.87. The van der Waals surface area contributed by atoms with Gasteiger partial charge < -0.3 is 20.7 Å². The number of amides is 3. The number of hydrogen-bond donors (Lipinski definition) is 3. The standard InChI is InChI=1S/C23H27N3O4/c1-15(18-10-12-20(13-11-18)26-22(28)19-8-9-19)24-21(27)16(2)25-23(29)30-14-17-6-4-3-5-7-17/h3-7,10-13,15-16,19H,8-9,14H2,1-2H3,(H,24,27)(H,25,29)(H,26,28). The minimum Gasteiger partial charge on any atom is -0.445 e. The van der Waals surface area contributed by atoms with Gasteiger partial charge in [-0.3, -0.25) is 9.59 Å². The number of nitrogens with one attached hydrogen (secondary N) is 3. The second kappa shape index (κ2) is 9.91. The predicted molar refractivity (Wildman–Crippen MR) is 114 cm³/mol. The van der Waals surface area contributed by atoms with Crippen molar-refractivity contribution in [2.45, 2.75) is 45.4 Å². The van der Waals surface area contributed by atoms with Crippen molar-refractivity contribution in [2.24, 2.45) is 5.92 Å². The zero-order valence-corrected chi connectivity index (χ0v) is 17.2. The lowest BCUT2D eigenvalue weighted by Gasteiger charge is -2.19. The number of anilines is 1. The number of ether oxygens (including phenoxy) is 1. The molecule has 0 spiro atoms. The third-order valence-corrected chi connectivity index (χ3v) is 4.93. The molecule has 0 aliphatic heterocycles. The first kappa shape index (κ1) is 21.4. The van der Waals surface area contributed by atoms with Gasteiger partial charge in [-0.2, -0.15) is 0 Å². The van der Waals surface area contributed by atoms with Crippen molar-refractivity contribution in [1.29, 1.82) is 0 Å². The molecule has 1 saturated carbocycles. The molecule has 3 amide bonds. The van der Waals surface area contributed by atoms with Crippen LogP contribution in [-0.4, -0.2) is 23.9 Å². The molecule has 1 fully saturated rings.